The van der Waals surface area contributed by atoms with E-state index >= 15 is 0 Å². The molecule has 0 aliphatic rings. The van der Waals surface area contributed by atoms with Crippen LogP contribution in [0.15, 0.2) is 12.3 Å². The maximum atomic E-state index is 10.5. The van der Waals surface area contributed by atoms with Crippen molar-refractivity contribution in [2.45, 2.75) is 96.5 Å². The molecule has 156 valence electrons. The van der Waals surface area contributed by atoms with E-state index in [9.17, 15) is 9.67 Å². The van der Waals surface area contributed by atoms with Gasteiger partial charge in [-0.3, -0.25) is 4.52 Å². The second-order valence-electron chi connectivity index (χ2n) is 6.82. The molecule has 0 unspecified atom stereocenters. The van der Waals surface area contributed by atoms with Gasteiger partial charge in [0.2, 0.25) is 0 Å². The van der Waals surface area contributed by atoms with E-state index in [1.54, 1.807) is 0 Å². The number of unbranched alkanes of at least 4 members (excludes halogenated alkanes) is 12. The van der Waals surface area contributed by atoms with Crippen molar-refractivity contribution >= 4 is 7.82 Å². The van der Waals surface area contributed by atoms with Gasteiger partial charge in [-0.1, -0.05) is 77.6 Å². The van der Waals surface area contributed by atoms with E-state index in [1.807, 2.05) is 6.08 Å². The lowest BCUT2D eigenvalue weighted by Crippen LogP contribution is -2.19. The standard InChI is InChI=1S/C19H39O6P/c1-2-3-4-5-6-7-8-9-10-11-12-13-14-15-16-24-17-19(20)18-25-26(21,22)23/h15-16,19-20H,2-14,17-18H2,1H3,(H2,21,22,23)/b16-15-/t19-/m1/s1. The Hall–Kier alpha value is -0.390. The van der Waals surface area contributed by atoms with Gasteiger partial charge < -0.3 is 19.6 Å². The Kier molecular flexibility index (Phi) is 17.7. The van der Waals surface area contributed by atoms with E-state index < -0.39 is 20.5 Å². The van der Waals surface area contributed by atoms with Gasteiger partial charge in [0, 0.05) is 0 Å². The zero-order chi connectivity index (χ0) is 19.5. The van der Waals surface area contributed by atoms with Crippen molar-refractivity contribution in [3.05, 3.63) is 12.3 Å². The summed E-state index contributed by atoms with van der Waals surface area (Å²) in [6.45, 7) is 1.76. The van der Waals surface area contributed by atoms with Crippen molar-refractivity contribution in [2.75, 3.05) is 13.2 Å². The summed E-state index contributed by atoms with van der Waals surface area (Å²) in [6, 6.07) is 0. The third-order valence-electron chi connectivity index (χ3n) is 4.14. The number of hydrogen-bond donors (Lipinski definition) is 3. The van der Waals surface area contributed by atoms with Gasteiger partial charge in [-0.25, -0.2) is 4.57 Å². The number of rotatable bonds is 19. The van der Waals surface area contributed by atoms with Crippen LogP contribution in [0.25, 0.3) is 0 Å². The average molecular weight is 394 g/mol. The minimum Gasteiger partial charge on any atom is -0.499 e. The summed E-state index contributed by atoms with van der Waals surface area (Å²) in [6.07, 6.45) is 19.3. The molecule has 0 rings (SSSR count). The summed E-state index contributed by atoms with van der Waals surface area (Å²) < 4.78 is 19.8. The minimum atomic E-state index is -4.53. The van der Waals surface area contributed by atoms with Crippen LogP contribution in [0.3, 0.4) is 0 Å². The normalized spacial score (nSPS) is 13.4. The molecular formula is C19H39O6P. The fraction of sp³-hybridized carbons (Fsp3) is 0.895. The van der Waals surface area contributed by atoms with E-state index in [-0.39, 0.29) is 6.61 Å². The lowest BCUT2D eigenvalue weighted by molar-refractivity contribution is 0.0357. The summed E-state index contributed by atoms with van der Waals surface area (Å²) in [5.41, 5.74) is 0. The summed E-state index contributed by atoms with van der Waals surface area (Å²) >= 11 is 0. The van der Waals surface area contributed by atoms with Crippen LogP contribution in [0.4, 0.5) is 0 Å². The van der Waals surface area contributed by atoms with Crippen molar-refractivity contribution in [2.24, 2.45) is 0 Å². The van der Waals surface area contributed by atoms with Crippen LogP contribution in [-0.2, 0) is 13.8 Å². The van der Waals surface area contributed by atoms with Crippen LogP contribution in [0.2, 0.25) is 0 Å². The molecule has 0 aromatic rings. The zero-order valence-electron chi connectivity index (χ0n) is 16.4. The molecule has 1 atom stereocenters. The summed E-state index contributed by atoms with van der Waals surface area (Å²) in [5.74, 6) is 0. The molecule has 0 fully saturated rings. The Morgan fingerprint density at radius 1 is 0.846 bits per heavy atom. The van der Waals surface area contributed by atoms with Crippen LogP contribution in [0.1, 0.15) is 90.4 Å². The highest BCUT2D eigenvalue weighted by Gasteiger charge is 2.16. The summed E-state index contributed by atoms with van der Waals surface area (Å²) in [5, 5.41) is 9.40. The average Bonchev–Trinajstić information content (AvgIpc) is 2.59. The van der Waals surface area contributed by atoms with Gasteiger partial charge in [-0.05, 0) is 18.9 Å². The second kappa shape index (κ2) is 18.0. The Morgan fingerprint density at radius 2 is 1.35 bits per heavy atom. The van der Waals surface area contributed by atoms with Gasteiger partial charge >= 0.3 is 7.82 Å². The molecular weight excluding hydrogens is 355 g/mol. The van der Waals surface area contributed by atoms with Gasteiger partial charge in [-0.2, -0.15) is 0 Å². The highest BCUT2D eigenvalue weighted by molar-refractivity contribution is 7.46. The summed E-state index contributed by atoms with van der Waals surface area (Å²) in [4.78, 5) is 17.0. The van der Waals surface area contributed by atoms with Gasteiger partial charge in [0.25, 0.3) is 0 Å². The minimum absolute atomic E-state index is 0.0467. The Morgan fingerprint density at radius 3 is 1.85 bits per heavy atom. The second-order valence-corrected chi connectivity index (χ2v) is 8.06. The lowest BCUT2D eigenvalue weighted by atomic mass is 10.0. The quantitative estimate of drug-likeness (QED) is 0.161. The third-order valence-corrected chi connectivity index (χ3v) is 4.63. The van der Waals surface area contributed by atoms with E-state index in [1.165, 1.54) is 76.9 Å². The molecule has 0 saturated carbocycles. The Bertz CT molecular complexity index is 369. The number of hydrogen-bond acceptors (Lipinski definition) is 4. The van der Waals surface area contributed by atoms with E-state index in [0.29, 0.717) is 0 Å². The number of phosphoric ester groups is 1. The number of phosphoric acid groups is 1. The fourth-order valence-electron chi connectivity index (χ4n) is 2.64. The molecule has 26 heavy (non-hydrogen) atoms. The van der Waals surface area contributed by atoms with E-state index in [4.69, 9.17) is 14.5 Å². The van der Waals surface area contributed by atoms with Crippen LogP contribution >= 0.6 is 7.82 Å². The monoisotopic (exact) mass is 394 g/mol. The molecule has 0 aliphatic carbocycles. The number of ether oxygens (including phenoxy) is 1. The molecule has 0 saturated heterocycles. The van der Waals surface area contributed by atoms with Crippen LogP contribution in [0.5, 0.6) is 0 Å². The molecule has 0 aliphatic heterocycles. The SMILES string of the molecule is CCCCCCCCCCCCCC/C=C\OC[C@@H](O)COP(=O)(O)O. The molecule has 0 aromatic carbocycles. The third kappa shape index (κ3) is 21.7. The molecule has 6 nitrogen and oxygen atoms in total. The highest BCUT2D eigenvalue weighted by atomic mass is 31.2. The first-order chi connectivity index (χ1) is 12.5. The predicted octanol–water partition coefficient (Wildman–Crippen LogP) is 5.08. The van der Waals surface area contributed by atoms with Crippen molar-refractivity contribution in [1.29, 1.82) is 0 Å². The van der Waals surface area contributed by atoms with Crippen LogP contribution in [0, 0.1) is 0 Å². The molecule has 0 radical (unpaired) electrons. The number of allylic oxidation sites excluding steroid dienone is 1. The lowest BCUT2D eigenvalue weighted by Gasteiger charge is -2.10. The maximum absolute atomic E-state index is 10.5. The fourth-order valence-corrected chi connectivity index (χ4v) is 3.00. The van der Waals surface area contributed by atoms with Crippen molar-refractivity contribution in [3.8, 4) is 0 Å². The highest BCUT2D eigenvalue weighted by Crippen LogP contribution is 2.35. The smallest absolute Gasteiger partial charge is 0.469 e. The summed E-state index contributed by atoms with van der Waals surface area (Å²) in [7, 11) is -4.53. The maximum Gasteiger partial charge on any atom is 0.469 e. The van der Waals surface area contributed by atoms with Crippen LogP contribution in [-0.4, -0.2) is 34.2 Å². The first kappa shape index (κ1) is 25.6. The van der Waals surface area contributed by atoms with Gasteiger partial charge in [-0.15, -0.1) is 0 Å². The molecule has 7 heteroatoms. The molecule has 0 bridgehead atoms. The van der Waals surface area contributed by atoms with Gasteiger partial charge in [0.15, 0.2) is 0 Å². The van der Waals surface area contributed by atoms with E-state index in [0.717, 1.165) is 12.8 Å². The van der Waals surface area contributed by atoms with Crippen LogP contribution < -0.4 is 0 Å². The topological polar surface area (TPSA) is 96.2 Å². The van der Waals surface area contributed by atoms with Crippen molar-refractivity contribution in [3.63, 3.8) is 0 Å². The first-order valence-corrected chi connectivity index (χ1v) is 11.6. The molecule has 0 spiro atoms. The van der Waals surface area contributed by atoms with Crippen molar-refractivity contribution < 1.29 is 28.7 Å². The Labute approximate surface area is 159 Å². The Balaban J connectivity index is 3.25. The zero-order valence-corrected chi connectivity index (χ0v) is 17.2. The molecule has 3 N–H and O–H groups in total. The number of aliphatic hydroxyl groups excluding tert-OH is 1. The van der Waals surface area contributed by atoms with Gasteiger partial charge in [0.1, 0.15) is 12.7 Å². The molecule has 0 heterocycles. The first-order valence-electron chi connectivity index (χ1n) is 10.1. The molecule has 0 amide bonds. The number of aliphatic hydroxyl groups is 1. The van der Waals surface area contributed by atoms with Crippen molar-refractivity contribution in [1.82, 2.24) is 0 Å². The largest absolute Gasteiger partial charge is 0.499 e. The van der Waals surface area contributed by atoms with E-state index in [2.05, 4.69) is 11.4 Å². The molecule has 0 aromatic heterocycles. The van der Waals surface area contributed by atoms with Gasteiger partial charge in [0.05, 0.1) is 12.9 Å². The predicted molar refractivity (Wildman–Crippen MR) is 105 cm³/mol.